The van der Waals surface area contributed by atoms with E-state index in [1.54, 1.807) is 6.20 Å². The maximum atomic E-state index is 6.03. The molecule has 2 heterocycles. The van der Waals surface area contributed by atoms with Crippen LogP contribution in [0.2, 0.25) is 5.02 Å². The number of benzene rings is 2. The van der Waals surface area contributed by atoms with Crippen LogP contribution in [0.3, 0.4) is 0 Å². The lowest BCUT2D eigenvalue weighted by Crippen LogP contribution is -2.35. The number of nitrogens with one attached hydrogen (secondary N) is 1. The maximum Gasteiger partial charge on any atom is 0.249 e. The topological polar surface area (TPSA) is 53.9 Å². The molecule has 1 aromatic heterocycles. The molecular formula is C22H24ClN5. The van der Waals surface area contributed by atoms with Gasteiger partial charge < -0.3 is 10.2 Å². The Morgan fingerprint density at radius 2 is 1.89 bits per heavy atom. The predicted octanol–water partition coefficient (Wildman–Crippen LogP) is 5.04. The maximum absolute atomic E-state index is 6.03. The van der Waals surface area contributed by atoms with Crippen molar-refractivity contribution < 1.29 is 0 Å². The van der Waals surface area contributed by atoms with Crippen molar-refractivity contribution in [2.24, 2.45) is 5.92 Å². The minimum absolute atomic E-state index is 0.509. The first-order valence-corrected chi connectivity index (χ1v) is 10.1. The molecule has 3 aromatic rings. The molecular weight excluding hydrogens is 370 g/mol. The quantitative estimate of drug-likeness (QED) is 0.658. The summed E-state index contributed by atoms with van der Waals surface area (Å²) in [6.07, 6.45) is 5.23. The molecule has 5 nitrogen and oxygen atoms in total. The summed E-state index contributed by atoms with van der Waals surface area (Å²) in [6.45, 7) is 3.99. The van der Waals surface area contributed by atoms with Crippen LogP contribution >= 0.6 is 11.6 Å². The smallest absolute Gasteiger partial charge is 0.249 e. The molecule has 144 valence electrons. The van der Waals surface area contributed by atoms with Crippen molar-refractivity contribution >= 4 is 29.1 Å². The van der Waals surface area contributed by atoms with Gasteiger partial charge in [0.15, 0.2) is 5.82 Å². The molecule has 1 aliphatic heterocycles. The predicted molar refractivity (Wildman–Crippen MR) is 114 cm³/mol. The lowest BCUT2D eigenvalue weighted by Gasteiger charge is -2.32. The van der Waals surface area contributed by atoms with Crippen molar-refractivity contribution in [1.82, 2.24) is 15.2 Å². The number of rotatable bonds is 5. The molecule has 0 atom stereocenters. The number of piperidine rings is 1. The highest BCUT2D eigenvalue weighted by molar-refractivity contribution is 6.30. The second-order valence-corrected chi connectivity index (χ2v) is 7.78. The zero-order chi connectivity index (χ0) is 19.3. The third-order valence-corrected chi connectivity index (χ3v) is 5.52. The first kappa shape index (κ1) is 18.7. The molecule has 6 heteroatoms. The van der Waals surface area contributed by atoms with Crippen LogP contribution in [0.1, 0.15) is 24.0 Å². The summed E-state index contributed by atoms with van der Waals surface area (Å²) < 4.78 is 0. The Labute approximate surface area is 170 Å². The third kappa shape index (κ3) is 4.60. The average molecular weight is 394 g/mol. The van der Waals surface area contributed by atoms with E-state index in [9.17, 15) is 0 Å². The summed E-state index contributed by atoms with van der Waals surface area (Å²) in [7, 11) is 0. The van der Waals surface area contributed by atoms with Crippen LogP contribution in [0.25, 0.3) is 0 Å². The van der Waals surface area contributed by atoms with Crippen LogP contribution in [0.5, 0.6) is 0 Å². The van der Waals surface area contributed by atoms with Gasteiger partial charge in [-0.25, -0.2) is 0 Å². The first-order valence-electron chi connectivity index (χ1n) is 9.69. The normalized spacial score (nSPS) is 14.9. The van der Waals surface area contributed by atoms with E-state index >= 15 is 0 Å². The summed E-state index contributed by atoms with van der Waals surface area (Å²) in [5.41, 5.74) is 3.41. The van der Waals surface area contributed by atoms with Gasteiger partial charge in [0.25, 0.3) is 0 Å². The second-order valence-electron chi connectivity index (χ2n) is 7.34. The van der Waals surface area contributed by atoms with Gasteiger partial charge in [-0.15, -0.1) is 5.10 Å². The van der Waals surface area contributed by atoms with E-state index in [-0.39, 0.29) is 0 Å². The summed E-state index contributed by atoms with van der Waals surface area (Å²) in [5, 5.41) is 12.2. The molecule has 0 saturated carbocycles. The van der Waals surface area contributed by atoms with Crippen LogP contribution in [-0.4, -0.2) is 28.3 Å². The van der Waals surface area contributed by atoms with Crippen LogP contribution < -0.4 is 10.2 Å². The highest BCUT2D eigenvalue weighted by Gasteiger charge is 2.21. The first-order chi connectivity index (χ1) is 13.7. The van der Waals surface area contributed by atoms with Crippen molar-refractivity contribution in [2.75, 3.05) is 23.3 Å². The Morgan fingerprint density at radius 3 is 2.64 bits per heavy atom. The van der Waals surface area contributed by atoms with Crippen molar-refractivity contribution in [3.05, 3.63) is 70.9 Å². The summed E-state index contributed by atoms with van der Waals surface area (Å²) in [4.78, 5) is 6.97. The fourth-order valence-corrected chi connectivity index (χ4v) is 3.93. The zero-order valence-electron chi connectivity index (χ0n) is 16.0. The van der Waals surface area contributed by atoms with Crippen LogP contribution in [0.15, 0.2) is 54.7 Å². The molecule has 0 radical (unpaired) electrons. The molecule has 0 unspecified atom stereocenters. The monoisotopic (exact) mass is 393 g/mol. The number of halogens is 1. The molecule has 2 aromatic carbocycles. The van der Waals surface area contributed by atoms with E-state index in [1.165, 1.54) is 5.56 Å². The second kappa shape index (κ2) is 8.57. The highest BCUT2D eigenvalue weighted by atomic mass is 35.5. The van der Waals surface area contributed by atoms with E-state index in [0.717, 1.165) is 55.3 Å². The third-order valence-electron chi connectivity index (χ3n) is 5.29. The van der Waals surface area contributed by atoms with Crippen LogP contribution in [-0.2, 0) is 6.42 Å². The molecule has 1 N–H and O–H groups in total. The Hall–Kier alpha value is -2.66. The average Bonchev–Trinajstić information content (AvgIpc) is 2.72. The molecule has 0 spiro atoms. The van der Waals surface area contributed by atoms with Gasteiger partial charge in [-0.2, -0.15) is 10.1 Å². The van der Waals surface area contributed by atoms with Gasteiger partial charge in [-0.05, 0) is 61.4 Å². The van der Waals surface area contributed by atoms with Crippen molar-refractivity contribution in [3.63, 3.8) is 0 Å². The fourth-order valence-electron chi connectivity index (χ4n) is 3.70. The lowest BCUT2D eigenvalue weighted by molar-refractivity contribution is 0.402. The van der Waals surface area contributed by atoms with Crippen LogP contribution in [0, 0.1) is 12.8 Å². The minimum atomic E-state index is 0.509. The van der Waals surface area contributed by atoms with Crippen LogP contribution in [0.4, 0.5) is 17.5 Å². The van der Waals surface area contributed by atoms with E-state index in [1.807, 2.05) is 25.1 Å². The zero-order valence-corrected chi connectivity index (χ0v) is 16.7. The van der Waals surface area contributed by atoms with E-state index < -0.39 is 0 Å². The van der Waals surface area contributed by atoms with Gasteiger partial charge in [0.05, 0.1) is 6.20 Å². The lowest BCUT2D eigenvalue weighted by atomic mass is 9.90. The number of hydrogen-bond donors (Lipinski definition) is 1. The number of aromatic nitrogens is 3. The van der Waals surface area contributed by atoms with Crippen molar-refractivity contribution in [1.29, 1.82) is 0 Å². The molecule has 0 aliphatic carbocycles. The SMILES string of the molecule is Cc1cc(Cl)ccc1Nc1nncc(N2CCC(Cc3ccccc3)CC2)n1. The molecule has 0 bridgehead atoms. The molecule has 4 rings (SSSR count). The van der Waals surface area contributed by atoms with Gasteiger partial charge in [0.2, 0.25) is 5.95 Å². The van der Waals surface area contributed by atoms with Gasteiger partial charge in [-0.1, -0.05) is 41.9 Å². The molecule has 0 amide bonds. The van der Waals surface area contributed by atoms with E-state index in [4.69, 9.17) is 11.6 Å². The Morgan fingerprint density at radius 1 is 1.11 bits per heavy atom. The van der Waals surface area contributed by atoms with Gasteiger partial charge in [0, 0.05) is 23.8 Å². The largest absolute Gasteiger partial charge is 0.355 e. The Bertz CT molecular complexity index is 923. The highest BCUT2D eigenvalue weighted by Crippen LogP contribution is 2.26. The number of anilines is 3. The van der Waals surface area contributed by atoms with Gasteiger partial charge in [0.1, 0.15) is 0 Å². The molecule has 1 fully saturated rings. The van der Waals surface area contributed by atoms with Crippen molar-refractivity contribution in [2.45, 2.75) is 26.2 Å². The van der Waals surface area contributed by atoms with Gasteiger partial charge in [-0.3, -0.25) is 0 Å². The van der Waals surface area contributed by atoms with E-state index in [2.05, 4.69) is 55.7 Å². The summed E-state index contributed by atoms with van der Waals surface area (Å²) in [6, 6.07) is 16.5. The number of aryl methyl sites for hydroxylation is 1. The number of nitrogens with zero attached hydrogens (tertiary/aromatic N) is 4. The summed E-state index contributed by atoms with van der Waals surface area (Å²) in [5.74, 6) is 2.11. The Balaban J connectivity index is 1.38. The number of hydrogen-bond acceptors (Lipinski definition) is 5. The minimum Gasteiger partial charge on any atom is -0.355 e. The van der Waals surface area contributed by atoms with Gasteiger partial charge >= 0.3 is 0 Å². The Kier molecular flexibility index (Phi) is 5.72. The fraction of sp³-hybridized carbons (Fsp3) is 0.318. The molecule has 1 aliphatic rings. The summed E-state index contributed by atoms with van der Waals surface area (Å²) >= 11 is 6.03. The van der Waals surface area contributed by atoms with E-state index in [0.29, 0.717) is 11.0 Å². The molecule has 1 saturated heterocycles. The standard InChI is InChI=1S/C22H24ClN5/c1-16-13-19(23)7-8-20(16)25-22-26-21(15-24-27-22)28-11-9-18(10-12-28)14-17-5-3-2-4-6-17/h2-8,13,15,18H,9-12,14H2,1H3,(H,25,26,27). The van der Waals surface area contributed by atoms with Crippen molar-refractivity contribution in [3.8, 4) is 0 Å². The molecule has 28 heavy (non-hydrogen) atoms.